The summed E-state index contributed by atoms with van der Waals surface area (Å²) in [6.07, 6.45) is 1.84. The molecule has 126 valence electrons. The number of amides is 2. The second-order valence-corrected chi connectivity index (χ2v) is 6.39. The summed E-state index contributed by atoms with van der Waals surface area (Å²) in [4.78, 5) is 32.1. The number of fused-ring (bicyclic) bond motifs is 2. The molecule has 0 saturated heterocycles. The van der Waals surface area contributed by atoms with Crippen molar-refractivity contribution in [3.63, 3.8) is 0 Å². The van der Waals surface area contributed by atoms with Gasteiger partial charge < -0.3 is 14.8 Å². The second kappa shape index (κ2) is 5.77. The average molecular weight is 333 g/mol. The highest BCUT2D eigenvalue weighted by Crippen LogP contribution is 2.36. The Bertz CT molecular complexity index is 976. The summed E-state index contributed by atoms with van der Waals surface area (Å²) >= 11 is 0. The van der Waals surface area contributed by atoms with Gasteiger partial charge in [-0.25, -0.2) is 0 Å². The van der Waals surface area contributed by atoms with Gasteiger partial charge >= 0.3 is 0 Å². The van der Waals surface area contributed by atoms with Gasteiger partial charge in [0, 0.05) is 36.1 Å². The molecule has 1 aliphatic heterocycles. The lowest BCUT2D eigenvalue weighted by Gasteiger charge is -2.40. The zero-order valence-electron chi connectivity index (χ0n) is 14.2. The fraction of sp³-hybridized carbons (Fsp3) is 0.200. The van der Waals surface area contributed by atoms with E-state index in [1.165, 1.54) is 0 Å². The van der Waals surface area contributed by atoms with Gasteiger partial charge in [0.1, 0.15) is 0 Å². The van der Waals surface area contributed by atoms with E-state index >= 15 is 0 Å². The number of anilines is 2. The first-order chi connectivity index (χ1) is 12.1. The monoisotopic (exact) mass is 333 g/mol. The van der Waals surface area contributed by atoms with Crippen molar-refractivity contribution in [1.82, 2.24) is 4.98 Å². The van der Waals surface area contributed by atoms with E-state index in [-0.39, 0.29) is 17.9 Å². The lowest BCUT2D eigenvalue weighted by atomic mass is 10.0. The second-order valence-electron chi connectivity index (χ2n) is 6.39. The Morgan fingerprint density at radius 1 is 1.04 bits per heavy atom. The third-order valence-corrected chi connectivity index (χ3v) is 4.73. The maximum absolute atomic E-state index is 13.3. The van der Waals surface area contributed by atoms with E-state index < -0.39 is 0 Å². The van der Waals surface area contributed by atoms with Gasteiger partial charge in [0.05, 0.1) is 17.4 Å². The molecule has 3 aromatic rings. The first kappa shape index (κ1) is 15.4. The quantitative estimate of drug-likeness (QED) is 0.740. The molecule has 25 heavy (non-hydrogen) atoms. The van der Waals surface area contributed by atoms with Gasteiger partial charge in [-0.1, -0.05) is 18.2 Å². The van der Waals surface area contributed by atoms with Crippen molar-refractivity contribution in [3.8, 4) is 0 Å². The van der Waals surface area contributed by atoms with Gasteiger partial charge in [0.25, 0.3) is 5.91 Å². The van der Waals surface area contributed by atoms with Crippen LogP contribution in [0, 0.1) is 0 Å². The van der Waals surface area contributed by atoms with Crippen LogP contribution in [0.15, 0.2) is 54.7 Å². The van der Waals surface area contributed by atoms with Crippen LogP contribution < -0.4 is 9.80 Å². The van der Waals surface area contributed by atoms with Gasteiger partial charge in [-0.2, -0.15) is 0 Å². The number of benzene rings is 2. The van der Waals surface area contributed by atoms with Gasteiger partial charge in [-0.05, 0) is 37.3 Å². The minimum Gasteiger partial charge on any atom is -0.361 e. The zero-order chi connectivity index (χ0) is 17.6. The van der Waals surface area contributed by atoms with Crippen molar-refractivity contribution >= 4 is 34.1 Å². The largest absolute Gasteiger partial charge is 0.361 e. The number of nitrogens with one attached hydrogen (secondary N) is 1. The number of hydrogen-bond donors (Lipinski definition) is 1. The van der Waals surface area contributed by atoms with Crippen LogP contribution in [0.2, 0.25) is 0 Å². The molecule has 4 rings (SSSR count). The van der Waals surface area contributed by atoms with E-state index in [0.29, 0.717) is 12.1 Å². The van der Waals surface area contributed by atoms with Gasteiger partial charge in [0.15, 0.2) is 0 Å². The molecular weight excluding hydrogens is 314 g/mol. The molecule has 0 aliphatic carbocycles. The Kier molecular flexibility index (Phi) is 3.57. The van der Waals surface area contributed by atoms with Crippen molar-refractivity contribution in [3.05, 3.63) is 60.3 Å². The Labute approximate surface area is 145 Å². The summed E-state index contributed by atoms with van der Waals surface area (Å²) in [7, 11) is 0. The van der Waals surface area contributed by atoms with E-state index in [0.717, 1.165) is 22.3 Å². The molecule has 1 aromatic heterocycles. The van der Waals surface area contributed by atoms with Gasteiger partial charge in [-0.15, -0.1) is 0 Å². The zero-order valence-corrected chi connectivity index (χ0v) is 14.2. The molecule has 1 aliphatic rings. The third-order valence-electron chi connectivity index (χ3n) is 4.73. The number of H-pyrrole nitrogens is 1. The van der Waals surface area contributed by atoms with Crippen molar-refractivity contribution in [2.45, 2.75) is 19.9 Å². The summed E-state index contributed by atoms with van der Waals surface area (Å²) in [5, 5.41) is 0.909. The smallest absolute Gasteiger partial charge is 0.259 e. The molecule has 2 aromatic carbocycles. The van der Waals surface area contributed by atoms with E-state index in [4.69, 9.17) is 0 Å². The average Bonchev–Trinajstić information content (AvgIpc) is 3.08. The summed E-state index contributed by atoms with van der Waals surface area (Å²) in [5.41, 5.74) is 3.16. The molecule has 1 atom stereocenters. The van der Waals surface area contributed by atoms with Crippen molar-refractivity contribution in [1.29, 1.82) is 0 Å². The van der Waals surface area contributed by atoms with Crippen LogP contribution in [0.4, 0.5) is 11.4 Å². The van der Waals surface area contributed by atoms with Crippen LogP contribution in [0.3, 0.4) is 0 Å². The van der Waals surface area contributed by atoms with Crippen LogP contribution in [0.1, 0.15) is 24.2 Å². The molecule has 0 saturated carbocycles. The molecule has 0 unspecified atom stereocenters. The maximum Gasteiger partial charge on any atom is 0.259 e. The molecule has 2 amide bonds. The van der Waals surface area contributed by atoms with E-state index in [1.807, 2.05) is 61.7 Å². The number of rotatable bonds is 1. The fourth-order valence-corrected chi connectivity index (χ4v) is 3.67. The van der Waals surface area contributed by atoms with Crippen molar-refractivity contribution in [2.75, 3.05) is 16.3 Å². The molecule has 5 heteroatoms. The first-order valence-electron chi connectivity index (χ1n) is 8.34. The Balaban J connectivity index is 1.83. The molecule has 5 nitrogen and oxygen atoms in total. The summed E-state index contributed by atoms with van der Waals surface area (Å²) in [6, 6.07) is 15.1. The topological polar surface area (TPSA) is 56.4 Å². The molecular formula is C20H19N3O2. The molecule has 0 bridgehead atoms. The number of hydrogen-bond acceptors (Lipinski definition) is 2. The highest BCUT2D eigenvalue weighted by molar-refractivity contribution is 6.16. The summed E-state index contributed by atoms with van der Waals surface area (Å²) in [5.74, 6) is -0.0625. The molecule has 1 N–H and O–H groups in total. The van der Waals surface area contributed by atoms with Crippen molar-refractivity contribution < 1.29 is 9.59 Å². The standard InChI is InChI=1S/C20H19N3O2/c1-13-12-22(18-8-3-4-9-19(18)23(13)14(2)24)20(25)16-6-5-7-17-15(16)10-11-21-17/h3-11,13,21H,12H2,1-2H3/t13-/m0/s1. The van der Waals surface area contributed by atoms with E-state index in [1.54, 1.807) is 16.7 Å². The number of aromatic nitrogens is 1. The predicted octanol–water partition coefficient (Wildman–Crippen LogP) is 3.57. The normalized spacial score (nSPS) is 16.8. The lowest BCUT2D eigenvalue weighted by molar-refractivity contribution is -0.117. The van der Waals surface area contributed by atoms with Crippen LogP contribution >= 0.6 is 0 Å². The number of nitrogens with zero attached hydrogens (tertiary/aromatic N) is 2. The van der Waals surface area contributed by atoms with Crippen LogP contribution in [0.5, 0.6) is 0 Å². The van der Waals surface area contributed by atoms with Crippen LogP contribution in [-0.2, 0) is 4.79 Å². The van der Waals surface area contributed by atoms with E-state index in [9.17, 15) is 9.59 Å². The third kappa shape index (κ3) is 2.39. The lowest BCUT2D eigenvalue weighted by Crippen LogP contribution is -2.51. The van der Waals surface area contributed by atoms with Gasteiger partial charge in [0.2, 0.25) is 5.91 Å². The number of carbonyl (C=O) groups is 2. The highest BCUT2D eigenvalue weighted by Gasteiger charge is 2.34. The number of carbonyl (C=O) groups excluding carboxylic acids is 2. The summed E-state index contributed by atoms with van der Waals surface area (Å²) in [6.45, 7) is 4.00. The van der Waals surface area contributed by atoms with Crippen LogP contribution in [0.25, 0.3) is 10.9 Å². The Morgan fingerprint density at radius 2 is 1.80 bits per heavy atom. The van der Waals surface area contributed by atoms with Gasteiger partial charge in [-0.3, -0.25) is 9.59 Å². The molecule has 2 heterocycles. The van der Waals surface area contributed by atoms with Crippen molar-refractivity contribution in [2.24, 2.45) is 0 Å². The minimum atomic E-state index is -0.0817. The van der Waals surface area contributed by atoms with Crippen LogP contribution in [-0.4, -0.2) is 29.4 Å². The fourth-order valence-electron chi connectivity index (χ4n) is 3.67. The maximum atomic E-state index is 13.3. The molecule has 0 spiro atoms. The highest BCUT2D eigenvalue weighted by atomic mass is 16.2. The predicted molar refractivity (Wildman–Crippen MR) is 99.0 cm³/mol. The summed E-state index contributed by atoms with van der Waals surface area (Å²) < 4.78 is 0. The first-order valence-corrected chi connectivity index (χ1v) is 8.34. The number of aromatic amines is 1. The molecule has 0 fully saturated rings. The number of para-hydroxylation sites is 2. The Hall–Kier alpha value is -3.08. The van der Waals surface area contributed by atoms with E-state index in [2.05, 4.69) is 4.98 Å². The SMILES string of the molecule is CC(=O)N1c2ccccc2N(C(=O)c2cccc3[nH]ccc23)C[C@@H]1C. The molecule has 0 radical (unpaired) electrons. The Morgan fingerprint density at radius 3 is 2.56 bits per heavy atom. The minimum absolute atomic E-state index is 0.0141.